The molecule has 0 saturated carbocycles. The lowest BCUT2D eigenvalue weighted by atomic mass is 10.1. The molecule has 0 bridgehead atoms. The summed E-state index contributed by atoms with van der Waals surface area (Å²) in [6.07, 6.45) is 3.19. The van der Waals surface area contributed by atoms with Crippen LogP contribution in [-0.2, 0) is 0 Å². The molecule has 0 atom stereocenters. The second-order valence-corrected chi connectivity index (χ2v) is 2.38. The van der Waals surface area contributed by atoms with Crippen LogP contribution < -0.4 is 0 Å². The Balaban J connectivity index is 2.53. The van der Waals surface area contributed by atoms with E-state index in [1.807, 2.05) is 0 Å². The largest absolute Gasteiger partial charge is 0.0589 e. The van der Waals surface area contributed by atoms with Gasteiger partial charge in [0.2, 0.25) is 0 Å². The Labute approximate surface area is 38.9 Å². The summed E-state index contributed by atoms with van der Waals surface area (Å²) in [7, 11) is 0. The molecular weight excluding hydrogens is 72.1 g/mol. The molecule has 0 fully saturated rings. The minimum Gasteiger partial charge on any atom is -0.0589 e. The SMILES string of the molecule is CC1=[C]C1(C)C. The van der Waals surface area contributed by atoms with Gasteiger partial charge in [0.05, 0.1) is 0 Å². The van der Waals surface area contributed by atoms with Gasteiger partial charge in [0, 0.05) is 5.41 Å². The van der Waals surface area contributed by atoms with Gasteiger partial charge in [0.15, 0.2) is 0 Å². The molecular formula is C6H9. The van der Waals surface area contributed by atoms with E-state index in [4.69, 9.17) is 0 Å². The van der Waals surface area contributed by atoms with Crippen LogP contribution in [0.2, 0.25) is 0 Å². The third kappa shape index (κ3) is 0.368. The Morgan fingerprint density at radius 2 is 1.67 bits per heavy atom. The molecule has 0 aromatic rings. The fraction of sp³-hybridized carbons (Fsp3) is 0.667. The molecule has 1 radical (unpaired) electrons. The van der Waals surface area contributed by atoms with Gasteiger partial charge in [0.1, 0.15) is 0 Å². The minimum absolute atomic E-state index is 0.375. The Hall–Kier alpha value is -0.260. The monoisotopic (exact) mass is 81.1 g/mol. The maximum absolute atomic E-state index is 3.19. The van der Waals surface area contributed by atoms with Crippen LogP contribution in [0.5, 0.6) is 0 Å². The van der Waals surface area contributed by atoms with Crippen LogP contribution >= 0.6 is 0 Å². The fourth-order valence-corrected chi connectivity index (χ4v) is 0.438. The van der Waals surface area contributed by atoms with E-state index in [1.54, 1.807) is 0 Å². The lowest BCUT2D eigenvalue weighted by Crippen LogP contribution is -1.85. The lowest BCUT2D eigenvalue weighted by molar-refractivity contribution is 0.689. The molecule has 0 amide bonds. The maximum atomic E-state index is 3.19. The van der Waals surface area contributed by atoms with E-state index in [-0.39, 0.29) is 0 Å². The summed E-state index contributed by atoms with van der Waals surface area (Å²) in [5, 5.41) is 0. The van der Waals surface area contributed by atoms with Gasteiger partial charge in [-0.1, -0.05) is 19.4 Å². The first-order valence-corrected chi connectivity index (χ1v) is 2.25. The molecule has 0 aromatic heterocycles. The highest BCUT2D eigenvalue weighted by Crippen LogP contribution is 2.40. The first-order valence-electron chi connectivity index (χ1n) is 2.25. The molecule has 0 spiro atoms. The topological polar surface area (TPSA) is 0 Å². The second-order valence-electron chi connectivity index (χ2n) is 2.38. The predicted molar refractivity (Wildman–Crippen MR) is 26.2 cm³/mol. The minimum atomic E-state index is 0.375. The molecule has 0 heteroatoms. The van der Waals surface area contributed by atoms with Crippen LogP contribution in [0, 0.1) is 11.5 Å². The first-order chi connectivity index (χ1) is 2.63. The van der Waals surface area contributed by atoms with E-state index in [2.05, 4.69) is 26.8 Å². The Morgan fingerprint density at radius 3 is 1.67 bits per heavy atom. The van der Waals surface area contributed by atoms with Gasteiger partial charge >= 0.3 is 0 Å². The molecule has 0 saturated heterocycles. The van der Waals surface area contributed by atoms with Crippen molar-refractivity contribution >= 4 is 0 Å². The molecule has 0 N–H and O–H groups in total. The van der Waals surface area contributed by atoms with Crippen LogP contribution in [-0.4, -0.2) is 0 Å². The van der Waals surface area contributed by atoms with E-state index in [0.717, 1.165) is 0 Å². The smallest absolute Gasteiger partial charge is 0.0111 e. The van der Waals surface area contributed by atoms with E-state index in [1.165, 1.54) is 5.57 Å². The van der Waals surface area contributed by atoms with E-state index < -0.39 is 0 Å². The summed E-state index contributed by atoms with van der Waals surface area (Å²) in [5.41, 5.74) is 1.78. The molecule has 33 valence electrons. The first kappa shape index (κ1) is 3.91. The van der Waals surface area contributed by atoms with Crippen molar-refractivity contribution in [2.24, 2.45) is 5.41 Å². The van der Waals surface area contributed by atoms with Crippen molar-refractivity contribution in [1.29, 1.82) is 0 Å². The van der Waals surface area contributed by atoms with Crippen molar-refractivity contribution < 1.29 is 0 Å². The molecule has 0 nitrogen and oxygen atoms in total. The van der Waals surface area contributed by atoms with Gasteiger partial charge in [-0.25, -0.2) is 0 Å². The molecule has 0 heterocycles. The van der Waals surface area contributed by atoms with E-state index in [9.17, 15) is 0 Å². The number of rotatable bonds is 0. The molecule has 1 aliphatic carbocycles. The van der Waals surface area contributed by atoms with Crippen molar-refractivity contribution in [3.63, 3.8) is 0 Å². The third-order valence-electron chi connectivity index (χ3n) is 1.38. The van der Waals surface area contributed by atoms with Crippen LogP contribution in [0.15, 0.2) is 5.57 Å². The van der Waals surface area contributed by atoms with Gasteiger partial charge in [-0.15, -0.1) is 0 Å². The fourth-order valence-electron chi connectivity index (χ4n) is 0.438. The average Bonchev–Trinajstić information content (AvgIpc) is 1.73. The average molecular weight is 81.1 g/mol. The zero-order valence-corrected chi connectivity index (χ0v) is 4.50. The van der Waals surface area contributed by atoms with Crippen molar-refractivity contribution in [3.8, 4) is 0 Å². The van der Waals surface area contributed by atoms with Gasteiger partial charge in [-0.3, -0.25) is 0 Å². The summed E-state index contributed by atoms with van der Waals surface area (Å²) in [6.45, 7) is 6.45. The van der Waals surface area contributed by atoms with Gasteiger partial charge in [-0.2, -0.15) is 0 Å². The van der Waals surface area contributed by atoms with Crippen LogP contribution in [0.4, 0.5) is 0 Å². The number of hydrogen-bond acceptors (Lipinski definition) is 0. The molecule has 0 aromatic carbocycles. The quantitative estimate of drug-likeness (QED) is 0.417. The normalized spacial score (nSPS) is 26.2. The Bertz CT molecular complexity index is 96.6. The highest BCUT2D eigenvalue weighted by molar-refractivity contribution is 5.26. The van der Waals surface area contributed by atoms with Crippen molar-refractivity contribution in [2.45, 2.75) is 20.8 Å². The van der Waals surface area contributed by atoms with E-state index in [0.29, 0.717) is 5.41 Å². The predicted octanol–water partition coefficient (Wildman–Crippen LogP) is 1.78. The molecule has 1 rings (SSSR count). The van der Waals surface area contributed by atoms with Crippen molar-refractivity contribution in [2.75, 3.05) is 0 Å². The summed E-state index contributed by atoms with van der Waals surface area (Å²) in [4.78, 5) is 0. The van der Waals surface area contributed by atoms with Gasteiger partial charge in [-0.05, 0) is 13.0 Å². The number of hydrogen-bond donors (Lipinski definition) is 0. The Kier molecular flexibility index (Phi) is 0.456. The second kappa shape index (κ2) is 0.699. The van der Waals surface area contributed by atoms with Crippen LogP contribution in [0.25, 0.3) is 0 Å². The third-order valence-corrected chi connectivity index (χ3v) is 1.38. The summed E-state index contributed by atoms with van der Waals surface area (Å²) < 4.78 is 0. The zero-order valence-electron chi connectivity index (χ0n) is 4.50. The molecule has 1 aliphatic rings. The molecule has 0 aliphatic heterocycles. The van der Waals surface area contributed by atoms with Crippen molar-refractivity contribution in [1.82, 2.24) is 0 Å². The van der Waals surface area contributed by atoms with E-state index >= 15 is 0 Å². The van der Waals surface area contributed by atoms with Crippen LogP contribution in [0.3, 0.4) is 0 Å². The maximum Gasteiger partial charge on any atom is 0.0111 e. The highest BCUT2D eigenvalue weighted by atomic mass is 14.3. The standard InChI is InChI=1S/C6H9/c1-5-4-6(5,2)3/h1-3H3. The highest BCUT2D eigenvalue weighted by Gasteiger charge is 2.29. The lowest BCUT2D eigenvalue weighted by Gasteiger charge is -1.94. The summed E-state index contributed by atoms with van der Waals surface area (Å²) >= 11 is 0. The summed E-state index contributed by atoms with van der Waals surface area (Å²) in [5.74, 6) is 0. The zero-order chi connectivity index (χ0) is 4.78. The van der Waals surface area contributed by atoms with Gasteiger partial charge < -0.3 is 0 Å². The molecule has 0 unspecified atom stereocenters. The molecule has 6 heavy (non-hydrogen) atoms. The van der Waals surface area contributed by atoms with Gasteiger partial charge in [0.25, 0.3) is 0 Å². The Morgan fingerprint density at radius 1 is 1.50 bits per heavy atom. The van der Waals surface area contributed by atoms with Crippen molar-refractivity contribution in [3.05, 3.63) is 11.6 Å². The summed E-state index contributed by atoms with van der Waals surface area (Å²) in [6, 6.07) is 0. The number of allylic oxidation sites excluding steroid dienone is 2. The van der Waals surface area contributed by atoms with Crippen LogP contribution in [0.1, 0.15) is 20.8 Å².